The van der Waals surface area contributed by atoms with Gasteiger partial charge in [-0.1, -0.05) is 17.7 Å². The molecule has 0 bridgehead atoms. The van der Waals surface area contributed by atoms with Crippen molar-refractivity contribution >= 4 is 40.8 Å². The molecule has 162 valence electrons. The first-order valence-corrected chi connectivity index (χ1v) is 9.73. The first-order valence-electron chi connectivity index (χ1n) is 9.35. The van der Waals surface area contributed by atoms with Gasteiger partial charge in [0.1, 0.15) is 22.2 Å². The van der Waals surface area contributed by atoms with Gasteiger partial charge in [-0.2, -0.15) is 0 Å². The molecule has 1 heterocycles. The summed E-state index contributed by atoms with van der Waals surface area (Å²) in [5.74, 6) is -0.981. The number of benzene rings is 2. The molecular formula is C22H21ClN2O6. The minimum atomic E-state index is -0.712. The molecule has 1 N–H and O–H groups in total. The van der Waals surface area contributed by atoms with Gasteiger partial charge in [0.15, 0.2) is 0 Å². The van der Waals surface area contributed by atoms with Crippen LogP contribution in [-0.2, 0) is 14.3 Å². The molecular weight excluding hydrogens is 424 g/mol. The molecule has 0 fully saturated rings. The van der Waals surface area contributed by atoms with Crippen molar-refractivity contribution in [1.29, 1.82) is 0 Å². The van der Waals surface area contributed by atoms with Gasteiger partial charge < -0.3 is 19.5 Å². The van der Waals surface area contributed by atoms with Crippen molar-refractivity contribution in [2.75, 3.05) is 24.4 Å². The highest BCUT2D eigenvalue weighted by Gasteiger charge is 2.39. The molecule has 3 rings (SSSR count). The molecule has 0 spiro atoms. The number of anilines is 2. The molecule has 2 aromatic carbocycles. The number of amides is 2. The molecule has 0 radical (unpaired) electrons. The van der Waals surface area contributed by atoms with Gasteiger partial charge in [-0.3, -0.25) is 9.59 Å². The number of methoxy groups -OCH3 is 2. The number of halogens is 1. The van der Waals surface area contributed by atoms with E-state index in [1.54, 1.807) is 38.1 Å². The summed E-state index contributed by atoms with van der Waals surface area (Å²) in [6.07, 6.45) is -0.308. The summed E-state index contributed by atoms with van der Waals surface area (Å²) in [6, 6.07) is 11.0. The van der Waals surface area contributed by atoms with E-state index in [0.717, 1.165) is 4.90 Å². The molecule has 1 aliphatic rings. The molecule has 2 aromatic rings. The standard InChI is InChI=1S/C22H21ClN2O6/c1-12(2)31-22(28)13-6-5-7-14(10-13)25-20(26)18(23)19(21(25)27)24-16-9-8-15(29-3)11-17(16)30-4/h5-12,24H,1-4H3. The highest BCUT2D eigenvalue weighted by molar-refractivity contribution is 6.53. The second-order valence-corrected chi connectivity index (χ2v) is 7.21. The fourth-order valence-electron chi connectivity index (χ4n) is 2.94. The van der Waals surface area contributed by atoms with Crippen molar-refractivity contribution in [2.45, 2.75) is 20.0 Å². The smallest absolute Gasteiger partial charge is 0.338 e. The third-order valence-corrected chi connectivity index (χ3v) is 4.73. The van der Waals surface area contributed by atoms with Crippen molar-refractivity contribution in [3.8, 4) is 11.5 Å². The Morgan fingerprint density at radius 2 is 1.77 bits per heavy atom. The number of rotatable bonds is 7. The maximum Gasteiger partial charge on any atom is 0.338 e. The van der Waals surface area contributed by atoms with Crippen LogP contribution in [0.1, 0.15) is 24.2 Å². The number of imide groups is 1. The van der Waals surface area contributed by atoms with Crippen LogP contribution in [0, 0.1) is 0 Å². The Kier molecular flexibility index (Phi) is 6.50. The zero-order valence-corrected chi connectivity index (χ0v) is 18.1. The van der Waals surface area contributed by atoms with Crippen molar-refractivity contribution < 1.29 is 28.6 Å². The van der Waals surface area contributed by atoms with E-state index < -0.39 is 17.8 Å². The van der Waals surface area contributed by atoms with Crippen LogP contribution in [-0.4, -0.2) is 38.1 Å². The van der Waals surface area contributed by atoms with E-state index in [1.807, 2.05) is 0 Å². The van der Waals surface area contributed by atoms with E-state index in [-0.39, 0.29) is 28.1 Å². The summed E-state index contributed by atoms with van der Waals surface area (Å²) in [5.41, 5.74) is 0.727. The van der Waals surface area contributed by atoms with E-state index in [1.165, 1.54) is 32.4 Å². The Hall–Kier alpha value is -3.52. The molecule has 0 saturated heterocycles. The Morgan fingerprint density at radius 1 is 1.03 bits per heavy atom. The second-order valence-electron chi connectivity index (χ2n) is 6.83. The molecule has 0 atom stereocenters. The van der Waals surface area contributed by atoms with Crippen LogP contribution in [0.4, 0.5) is 11.4 Å². The van der Waals surface area contributed by atoms with E-state index >= 15 is 0 Å². The quantitative estimate of drug-likeness (QED) is 0.514. The number of carbonyl (C=O) groups is 3. The van der Waals surface area contributed by atoms with Gasteiger partial charge in [0.05, 0.1) is 37.3 Å². The SMILES string of the molecule is COc1ccc(NC2=C(Cl)C(=O)N(c3cccc(C(=O)OC(C)C)c3)C2=O)c(OC)c1. The van der Waals surface area contributed by atoms with Gasteiger partial charge in [0.25, 0.3) is 11.8 Å². The molecule has 9 heteroatoms. The van der Waals surface area contributed by atoms with Gasteiger partial charge in [-0.15, -0.1) is 0 Å². The summed E-state index contributed by atoms with van der Waals surface area (Å²) >= 11 is 6.19. The Bertz CT molecular complexity index is 1080. The lowest BCUT2D eigenvalue weighted by molar-refractivity contribution is -0.120. The van der Waals surface area contributed by atoms with Gasteiger partial charge in [-0.05, 0) is 44.2 Å². The van der Waals surface area contributed by atoms with Crippen LogP contribution in [0.2, 0.25) is 0 Å². The molecule has 0 aromatic heterocycles. The average Bonchev–Trinajstić information content (AvgIpc) is 2.96. The zero-order chi connectivity index (χ0) is 22.7. The Balaban J connectivity index is 1.90. The summed E-state index contributed by atoms with van der Waals surface area (Å²) in [6.45, 7) is 3.45. The number of hydrogen-bond acceptors (Lipinski definition) is 7. The zero-order valence-electron chi connectivity index (χ0n) is 17.4. The monoisotopic (exact) mass is 444 g/mol. The van der Waals surface area contributed by atoms with Crippen LogP contribution in [0.3, 0.4) is 0 Å². The van der Waals surface area contributed by atoms with Gasteiger partial charge in [-0.25, -0.2) is 9.69 Å². The summed E-state index contributed by atoms with van der Waals surface area (Å²) < 4.78 is 15.6. The molecule has 8 nitrogen and oxygen atoms in total. The van der Waals surface area contributed by atoms with Crippen molar-refractivity contribution in [1.82, 2.24) is 0 Å². The predicted octanol–water partition coefficient (Wildman–Crippen LogP) is 3.70. The number of carbonyl (C=O) groups excluding carboxylic acids is 3. The number of esters is 1. The van der Waals surface area contributed by atoms with Crippen LogP contribution in [0.5, 0.6) is 11.5 Å². The summed E-state index contributed by atoms with van der Waals surface area (Å²) in [7, 11) is 2.98. The van der Waals surface area contributed by atoms with Crippen LogP contribution < -0.4 is 19.7 Å². The van der Waals surface area contributed by atoms with E-state index in [4.69, 9.17) is 25.8 Å². The second kappa shape index (κ2) is 9.09. The number of ether oxygens (including phenoxy) is 3. The molecule has 0 unspecified atom stereocenters. The number of hydrogen-bond donors (Lipinski definition) is 1. The third-order valence-electron chi connectivity index (χ3n) is 4.38. The van der Waals surface area contributed by atoms with E-state index in [0.29, 0.717) is 17.2 Å². The van der Waals surface area contributed by atoms with Gasteiger partial charge in [0, 0.05) is 6.07 Å². The maximum absolute atomic E-state index is 13.0. The van der Waals surface area contributed by atoms with Crippen molar-refractivity contribution in [2.24, 2.45) is 0 Å². The van der Waals surface area contributed by atoms with Gasteiger partial charge >= 0.3 is 5.97 Å². The van der Waals surface area contributed by atoms with Crippen LogP contribution in [0.15, 0.2) is 53.2 Å². The largest absolute Gasteiger partial charge is 0.497 e. The van der Waals surface area contributed by atoms with E-state index in [9.17, 15) is 14.4 Å². The molecule has 2 amide bonds. The third kappa shape index (κ3) is 4.49. The lowest BCUT2D eigenvalue weighted by Gasteiger charge is -2.17. The van der Waals surface area contributed by atoms with Crippen molar-refractivity contribution in [3.63, 3.8) is 0 Å². The minimum Gasteiger partial charge on any atom is -0.497 e. The highest BCUT2D eigenvalue weighted by Crippen LogP contribution is 2.34. The first kappa shape index (κ1) is 22.2. The van der Waals surface area contributed by atoms with Crippen LogP contribution in [0.25, 0.3) is 0 Å². The van der Waals surface area contributed by atoms with E-state index in [2.05, 4.69) is 5.32 Å². The molecule has 31 heavy (non-hydrogen) atoms. The fourth-order valence-corrected chi connectivity index (χ4v) is 3.15. The Labute approximate surface area is 184 Å². The normalized spacial score (nSPS) is 13.7. The first-order chi connectivity index (χ1) is 14.8. The number of nitrogens with one attached hydrogen (secondary N) is 1. The lowest BCUT2D eigenvalue weighted by Crippen LogP contribution is -2.32. The Morgan fingerprint density at radius 3 is 2.42 bits per heavy atom. The lowest BCUT2D eigenvalue weighted by atomic mass is 10.2. The number of nitrogens with zero attached hydrogens (tertiary/aromatic N) is 1. The predicted molar refractivity (Wildman–Crippen MR) is 116 cm³/mol. The maximum atomic E-state index is 13.0. The molecule has 0 saturated carbocycles. The highest BCUT2D eigenvalue weighted by atomic mass is 35.5. The van der Waals surface area contributed by atoms with Crippen molar-refractivity contribution in [3.05, 3.63) is 58.8 Å². The fraction of sp³-hybridized carbons (Fsp3) is 0.227. The molecule has 1 aliphatic heterocycles. The van der Waals surface area contributed by atoms with Crippen LogP contribution >= 0.6 is 11.6 Å². The summed E-state index contributed by atoms with van der Waals surface area (Å²) in [4.78, 5) is 38.9. The summed E-state index contributed by atoms with van der Waals surface area (Å²) in [5, 5.41) is 2.59. The minimum absolute atomic E-state index is 0.106. The topological polar surface area (TPSA) is 94.2 Å². The molecule has 0 aliphatic carbocycles. The van der Waals surface area contributed by atoms with Gasteiger partial charge in [0.2, 0.25) is 0 Å². The average molecular weight is 445 g/mol.